The molecule has 0 aliphatic heterocycles. The molecule has 0 aliphatic rings. The van der Waals surface area contributed by atoms with Gasteiger partial charge in [0.25, 0.3) is 0 Å². The van der Waals surface area contributed by atoms with E-state index in [1.165, 1.54) is 0 Å². The second kappa shape index (κ2) is 3.54. The highest BCUT2D eigenvalue weighted by molar-refractivity contribution is 5.44. The topological polar surface area (TPSA) is 59.1 Å². The van der Waals surface area contributed by atoms with Crippen LogP contribution in [0.4, 0.5) is 5.69 Å². The van der Waals surface area contributed by atoms with Crippen molar-refractivity contribution in [2.75, 3.05) is 5.73 Å². The fraction of sp³-hybridized carbons (Fsp3) is 0.444. The molecular weight excluding hydrogens is 152 g/mol. The van der Waals surface area contributed by atoms with Gasteiger partial charge in [-0.1, -0.05) is 6.92 Å². The zero-order valence-corrected chi connectivity index (χ0v) is 7.41. The first-order valence-corrected chi connectivity index (χ1v) is 4.05. The lowest BCUT2D eigenvalue weighted by Gasteiger charge is -2.08. The van der Waals surface area contributed by atoms with E-state index in [1.807, 2.05) is 19.9 Å². The Morgan fingerprint density at radius 3 is 2.83 bits per heavy atom. The number of rotatable bonds is 2. The highest BCUT2D eigenvalue weighted by Crippen LogP contribution is 2.17. The summed E-state index contributed by atoms with van der Waals surface area (Å²) in [6.07, 6.45) is 1.80. The second-order valence-electron chi connectivity index (χ2n) is 2.89. The lowest BCUT2D eigenvalue weighted by molar-refractivity contribution is 0.169. The number of aromatic nitrogens is 1. The van der Waals surface area contributed by atoms with Gasteiger partial charge in [0.15, 0.2) is 0 Å². The third-order valence-electron chi connectivity index (χ3n) is 1.90. The van der Waals surface area contributed by atoms with Crippen LogP contribution in [0, 0.1) is 6.92 Å². The first-order chi connectivity index (χ1) is 5.65. The summed E-state index contributed by atoms with van der Waals surface area (Å²) < 4.78 is 0. The normalized spacial score (nSPS) is 12.9. The molecule has 0 aromatic carbocycles. The molecule has 1 rings (SSSR count). The van der Waals surface area contributed by atoms with Gasteiger partial charge < -0.3 is 10.8 Å². The van der Waals surface area contributed by atoms with E-state index in [-0.39, 0.29) is 0 Å². The van der Waals surface area contributed by atoms with Crippen molar-refractivity contribution in [2.45, 2.75) is 26.4 Å². The van der Waals surface area contributed by atoms with Crippen molar-refractivity contribution in [1.82, 2.24) is 4.98 Å². The molecule has 3 N–H and O–H groups in total. The third kappa shape index (κ3) is 1.74. The first kappa shape index (κ1) is 9.00. The molecule has 0 aliphatic carbocycles. The molecule has 0 bridgehead atoms. The minimum atomic E-state index is -0.468. The van der Waals surface area contributed by atoms with Crippen molar-refractivity contribution in [3.63, 3.8) is 0 Å². The number of aliphatic hydroxyl groups is 1. The van der Waals surface area contributed by atoms with E-state index in [1.54, 1.807) is 6.20 Å². The second-order valence-corrected chi connectivity index (χ2v) is 2.89. The van der Waals surface area contributed by atoms with E-state index < -0.39 is 6.10 Å². The Kier molecular flexibility index (Phi) is 2.65. The predicted octanol–water partition coefficient (Wildman–Crippen LogP) is 1.42. The van der Waals surface area contributed by atoms with E-state index >= 15 is 0 Å². The van der Waals surface area contributed by atoms with E-state index in [0.717, 1.165) is 5.56 Å². The Bertz CT molecular complexity index is 273. The van der Waals surface area contributed by atoms with Crippen LogP contribution in [-0.2, 0) is 0 Å². The van der Waals surface area contributed by atoms with Crippen molar-refractivity contribution in [2.24, 2.45) is 0 Å². The van der Waals surface area contributed by atoms with Crippen LogP contribution in [-0.4, -0.2) is 10.1 Å². The summed E-state index contributed by atoms with van der Waals surface area (Å²) in [6, 6.07) is 1.82. The van der Waals surface area contributed by atoms with Gasteiger partial charge >= 0.3 is 0 Å². The standard InChI is InChI=1S/C9H14N2O/c1-3-9(12)8-4-6(2)7(10)5-11-8/h4-5,9,12H,3,10H2,1-2H3. The maximum atomic E-state index is 9.44. The van der Waals surface area contributed by atoms with Gasteiger partial charge in [-0.3, -0.25) is 4.98 Å². The summed E-state index contributed by atoms with van der Waals surface area (Å²) >= 11 is 0. The number of anilines is 1. The zero-order valence-electron chi connectivity index (χ0n) is 7.41. The molecule has 0 fully saturated rings. The van der Waals surface area contributed by atoms with E-state index in [0.29, 0.717) is 17.8 Å². The van der Waals surface area contributed by atoms with Crippen LogP contribution in [0.25, 0.3) is 0 Å². The molecular formula is C9H14N2O. The minimum Gasteiger partial charge on any atom is -0.397 e. The van der Waals surface area contributed by atoms with Crippen LogP contribution in [0.3, 0.4) is 0 Å². The highest BCUT2D eigenvalue weighted by atomic mass is 16.3. The van der Waals surface area contributed by atoms with Gasteiger partial charge in [-0.2, -0.15) is 0 Å². The highest BCUT2D eigenvalue weighted by Gasteiger charge is 2.06. The smallest absolute Gasteiger partial charge is 0.0957 e. The monoisotopic (exact) mass is 166 g/mol. The van der Waals surface area contributed by atoms with Crippen LogP contribution in [0.2, 0.25) is 0 Å². The molecule has 3 nitrogen and oxygen atoms in total. The molecule has 12 heavy (non-hydrogen) atoms. The number of aryl methyl sites for hydroxylation is 1. The summed E-state index contributed by atoms with van der Waals surface area (Å²) in [4.78, 5) is 4.03. The van der Waals surface area contributed by atoms with E-state index in [4.69, 9.17) is 5.73 Å². The van der Waals surface area contributed by atoms with Crippen LogP contribution >= 0.6 is 0 Å². The number of nitrogens with two attached hydrogens (primary N) is 1. The molecule has 3 heteroatoms. The van der Waals surface area contributed by atoms with Crippen molar-refractivity contribution in [1.29, 1.82) is 0 Å². The molecule has 1 aromatic heterocycles. The number of nitrogens with zero attached hydrogens (tertiary/aromatic N) is 1. The average Bonchev–Trinajstić information content (AvgIpc) is 2.08. The van der Waals surface area contributed by atoms with Crippen molar-refractivity contribution < 1.29 is 5.11 Å². The van der Waals surface area contributed by atoms with Crippen molar-refractivity contribution in [3.8, 4) is 0 Å². The summed E-state index contributed by atoms with van der Waals surface area (Å²) in [5.41, 5.74) is 7.92. The van der Waals surface area contributed by atoms with Gasteiger partial charge in [0.1, 0.15) is 0 Å². The zero-order chi connectivity index (χ0) is 9.14. The quantitative estimate of drug-likeness (QED) is 0.698. The first-order valence-electron chi connectivity index (χ1n) is 4.05. The number of aliphatic hydroxyl groups excluding tert-OH is 1. The Hall–Kier alpha value is -1.09. The molecule has 1 unspecified atom stereocenters. The number of nitrogen functional groups attached to an aromatic ring is 1. The fourth-order valence-corrected chi connectivity index (χ4v) is 0.980. The molecule has 0 spiro atoms. The van der Waals surface area contributed by atoms with Gasteiger partial charge in [-0.05, 0) is 25.0 Å². The van der Waals surface area contributed by atoms with Crippen LogP contribution in [0.15, 0.2) is 12.3 Å². The molecule has 0 saturated carbocycles. The Labute approximate surface area is 72.2 Å². The third-order valence-corrected chi connectivity index (χ3v) is 1.90. The minimum absolute atomic E-state index is 0.468. The van der Waals surface area contributed by atoms with Gasteiger partial charge in [0, 0.05) is 0 Å². The molecule has 0 radical (unpaired) electrons. The summed E-state index contributed by atoms with van der Waals surface area (Å²) in [5.74, 6) is 0. The maximum absolute atomic E-state index is 9.44. The molecule has 66 valence electrons. The Morgan fingerprint density at radius 1 is 1.67 bits per heavy atom. The van der Waals surface area contributed by atoms with E-state index in [2.05, 4.69) is 4.98 Å². The predicted molar refractivity (Wildman–Crippen MR) is 48.6 cm³/mol. The summed E-state index contributed by atoms with van der Waals surface area (Å²) in [5, 5.41) is 9.44. The summed E-state index contributed by atoms with van der Waals surface area (Å²) in [7, 11) is 0. The maximum Gasteiger partial charge on any atom is 0.0957 e. The number of hydrogen-bond acceptors (Lipinski definition) is 3. The lowest BCUT2D eigenvalue weighted by atomic mass is 10.1. The molecule has 0 amide bonds. The SMILES string of the molecule is CCC(O)c1cc(C)c(N)cn1. The van der Waals surface area contributed by atoms with Crippen LogP contribution in [0.5, 0.6) is 0 Å². The number of pyridine rings is 1. The van der Waals surface area contributed by atoms with Gasteiger partial charge in [-0.15, -0.1) is 0 Å². The largest absolute Gasteiger partial charge is 0.397 e. The fourth-order valence-electron chi connectivity index (χ4n) is 0.980. The molecule has 1 atom stereocenters. The summed E-state index contributed by atoms with van der Waals surface area (Å²) in [6.45, 7) is 3.82. The molecule has 0 saturated heterocycles. The van der Waals surface area contributed by atoms with Crippen LogP contribution < -0.4 is 5.73 Å². The van der Waals surface area contributed by atoms with Gasteiger partial charge in [-0.25, -0.2) is 0 Å². The molecule has 1 heterocycles. The van der Waals surface area contributed by atoms with Crippen molar-refractivity contribution in [3.05, 3.63) is 23.5 Å². The molecule has 1 aromatic rings. The lowest BCUT2D eigenvalue weighted by Crippen LogP contribution is -2.01. The Balaban J connectivity index is 2.96. The van der Waals surface area contributed by atoms with Gasteiger partial charge in [0.2, 0.25) is 0 Å². The van der Waals surface area contributed by atoms with Crippen molar-refractivity contribution >= 4 is 5.69 Å². The number of hydrogen-bond donors (Lipinski definition) is 2. The van der Waals surface area contributed by atoms with Gasteiger partial charge in [0.05, 0.1) is 23.7 Å². The van der Waals surface area contributed by atoms with E-state index in [9.17, 15) is 5.11 Å². The average molecular weight is 166 g/mol. The Morgan fingerprint density at radius 2 is 2.33 bits per heavy atom. The van der Waals surface area contributed by atoms with Crippen LogP contribution in [0.1, 0.15) is 30.7 Å².